The Bertz CT molecular complexity index is 227. The quantitative estimate of drug-likeness (QED) is 0.653. The van der Waals surface area contributed by atoms with Gasteiger partial charge in [0, 0.05) is 6.04 Å². The molecule has 0 aromatic heterocycles. The molecule has 0 aromatic rings. The van der Waals surface area contributed by atoms with Crippen LogP contribution in [0.4, 0.5) is 0 Å². The van der Waals surface area contributed by atoms with Crippen molar-refractivity contribution in [2.75, 3.05) is 7.05 Å². The molecule has 1 aliphatic rings. The lowest BCUT2D eigenvalue weighted by atomic mass is 9.92. The average Bonchev–Trinajstić information content (AvgIpc) is 2.25. The van der Waals surface area contributed by atoms with Crippen molar-refractivity contribution >= 4 is 0 Å². The van der Waals surface area contributed by atoms with Crippen molar-refractivity contribution in [3.8, 4) is 0 Å². The Kier molecular flexibility index (Phi) is 5.70. The van der Waals surface area contributed by atoms with Gasteiger partial charge in [0.2, 0.25) is 0 Å². The van der Waals surface area contributed by atoms with Crippen molar-refractivity contribution in [1.29, 1.82) is 0 Å². The molecule has 1 atom stereocenters. The van der Waals surface area contributed by atoms with Crippen molar-refractivity contribution in [1.82, 2.24) is 5.32 Å². The molecule has 1 rings (SSSR count). The second kappa shape index (κ2) is 6.84. The van der Waals surface area contributed by atoms with E-state index < -0.39 is 0 Å². The summed E-state index contributed by atoms with van der Waals surface area (Å²) in [6, 6.07) is 0.644. The van der Waals surface area contributed by atoms with Crippen LogP contribution in [0.2, 0.25) is 0 Å². The second-order valence-corrected chi connectivity index (χ2v) is 4.79. The Hall–Kier alpha value is -0.560. The van der Waals surface area contributed by atoms with E-state index in [1.165, 1.54) is 44.1 Å². The van der Waals surface area contributed by atoms with Crippen molar-refractivity contribution in [3.05, 3.63) is 23.8 Å². The molecule has 1 nitrogen and oxygen atoms in total. The normalized spacial score (nSPS) is 18.4. The number of allylic oxidation sites excluding steroid dienone is 2. The zero-order chi connectivity index (χ0) is 11.1. The van der Waals surface area contributed by atoms with E-state index in [1.807, 2.05) is 0 Å². The van der Waals surface area contributed by atoms with Crippen LogP contribution in [0.1, 0.15) is 51.9 Å². The fraction of sp³-hybridized carbons (Fsp3) is 0.714. The molecule has 0 spiro atoms. The Morgan fingerprint density at radius 3 is 2.87 bits per heavy atom. The molecule has 0 aromatic carbocycles. The van der Waals surface area contributed by atoms with Crippen LogP contribution in [-0.2, 0) is 0 Å². The van der Waals surface area contributed by atoms with Crippen LogP contribution in [0.3, 0.4) is 0 Å². The lowest BCUT2D eigenvalue weighted by Gasteiger charge is -2.20. The van der Waals surface area contributed by atoms with Gasteiger partial charge in [-0.2, -0.15) is 0 Å². The number of hydrogen-bond donors (Lipinski definition) is 1. The summed E-state index contributed by atoms with van der Waals surface area (Å²) in [6.07, 6.45) is 11.5. The zero-order valence-corrected chi connectivity index (χ0v) is 10.3. The molecule has 0 radical (unpaired) electrons. The van der Waals surface area contributed by atoms with E-state index in [1.54, 1.807) is 5.57 Å². The Labute approximate surface area is 94.6 Å². The van der Waals surface area contributed by atoms with E-state index in [4.69, 9.17) is 0 Å². The van der Waals surface area contributed by atoms with Crippen LogP contribution in [0.15, 0.2) is 23.8 Å². The summed E-state index contributed by atoms with van der Waals surface area (Å²) in [5.74, 6) is 0. The molecule has 86 valence electrons. The molecule has 1 aliphatic carbocycles. The van der Waals surface area contributed by atoms with Gasteiger partial charge in [-0.15, -0.1) is 6.58 Å². The average molecular weight is 207 g/mol. The van der Waals surface area contributed by atoms with Crippen molar-refractivity contribution in [2.45, 2.75) is 57.9 Å². The largest absolute Gasteiger partial charge is 0.317 e. The lowest BCUT2D eigenvalue weighted by molar-refractivity contribution is 0.502. The van der Waals surface area contributed by atoms with Gasteiger partial charge in [0.1, 0.15) is 0 Å². The zero-order valence-electron chi connectivity index (χ0n) is 10.3. The Morgan fingerprint density at radius 1 is 1.53 bits per heavy atom. The van der Waals surface area contributed by atoms with E-state index in [2.05, 4.69) is 31.9 Å². The second-order valence-electron chi connectivity index (χ2n) is 4.79. The van der Waals surface area contributed by atoms with Gasteiger partial charge >= 0.3 is 0 Å². The molecule has 0 aliphatic heterocycles. The minimum atomic E-state index is 0.644. The maximum absolute atomic E-state index is 3.97. The summed E-state index contributed by atoms with van der Waals surface area (Å²) >= 11 is 0. The van der Waals surface area contributed by atoms with Gasteiger partial charge in [0.05, 0.1) is 0 Å². The predicted octanol–water partition coefficient (Wildman–Crippen LogP) is 3.82. The predicted molar refractivity (Wildman–Crippen MR) is 68.1 cm³/mol. The highest BCUT2D eigenvalue weighted by atomic mass is 14.9. The third-order valence-corrected chi connectivity index (χ3v) is 3.22. The van der Waals surface area contributed by atoms with Gasteiger partial charge in [0.25, 0.3) is 0 Å². The van der Waals surface area contributed by atoms with Crippen molar-refractivity contribution < 1.29 is 0 Å². The smallest absolute Gasteiger partial charge is 0.0104 e. The highest BCUT2D eigenvalue weighted by Gasteiger charge is 2.10. The maximum Gasteiger partial charge on any atom is 0.0104 e. The van der Waals surface area contributed by atoms with Crippen molar-refractivity contribution in [2.24, 2.45) is 0 Å². The minimum Gasteiger partial charge on any atom is -0.317 e. The molecule has 0 bridgehead atoms. The SMILES string of the molecule is C=C(C)CCC(CC1=CCCCC1)NC. The first-order chi connectivity index (χ1) is 7.22. The van der Waals surface area contributed by atoms with Gasteiger partial charge in [0.15, 0.2) is 0 Å². The van der Waals surface area contributed by atoms with E-state index >= 15 is 0 Å². The third-order valence-electron chi connectivity index (χ3n) is 3.22. The van der Waals surface area contributed by atoms with Crippen LogP contribution in [0.5, 0.6) is 0 Å². The van der Waals surface area contributed by atoms with Crippen LogP contribution in [-0.4, -0.2) is 13.1 Å². The molecule has 0 saturated heterocycles. The molecule has 1 unspecified atom stereocenters. The molecule has 1 heteroatoms. The summed E-state index contributed by atoms with van der Waals surface area (Å²) in [5.41, 5.74) is 2.97. The Morgan fingerprint density at radius 2 is 2.33 bits per heavy atom. The van der Waals surface area contributed by atoms with E-state index in [0.29, 0.717) is 6.04 Å². The number of rotatable bonds is 6. The van der Waals surface area contributed by atoms with Crippen LogP contribution in [0.25, 0.3) is 0 Å². The number of nitrogens with one attached hydrogen (secondary N) is 1. The summed E-state index contributed by atoms with van der Waals surface area (Å²) in [4.78, 5) is 0. The monoisotopic (exact) mass is 207 g/mol. The lowest BCUT2D eigenvalue weighted by Crippen LogP contribution is -2.25. The summed E-state index contributed by atoms with van der Waals surface area (Å²) in [6.45, 7) is 6.08. The molecule has 0 heterocycles. The molecule has 0 saturated carbocycles. The molecule has 0 amide bonds. The van der Waals surface area contributed by atoms with Crippen molar-refractivity contribution in [3.63, 3.8) is 0 Å². The van der Waals surface area contributed by atoms with Gasteiger partial charge in [-0.1, -0.05) is 17.2 Å². The Balaban J connectivity index is 2.31. The van der Waals surface area contributed by atoms with Gasteiger partial charge in [-0.05, 0) is 58.9 Å². The maximum atomic E-state index is 3.97. The first-order valence-electron chi connectivity index (χ1n) is 6.22. The standard InChI is InChI=1S/C14H25N/c1-12(2)9-10-14(15-3)11-13-7-5-4-6-8-13/h7,14-15H,1,4-6,8-11H2,2-3H3. The highest BCUT2D eigenvalue weighted by Crippen LogP contribution is 2.22. The fourth-order valence-corrected chi connectivity index (χ4v) is 2.18. The van der Waals surface area contributed by atoms with Gasteiger partial charge in [-0.25, -0.2) is 0 Å². The summed E-state index contributed by atoms with van der Waals surface area (Å²) < 4.78 is 0. The number of hydrogen-bond acceptors (Lipinski definition) is 1. The first-order valence-corrected chi connectivity index (χ1v) is 6.22. The molecule has 15 heavy (non-hydrogen) atoms. The van der Waals surface area contributed by atoms with Gasteiger partial charge in [-0.3, -0.25) is 0 Å². The third kappa shape index (κ3) is 5.17. The van der Waals surface area contributed by atoms with E-state index in [0.717, 1.165) is 6.42 Å². The first kappa shape index (κ1) is 12.5. The van der Waals surface area contributed by atoms with Crippen LogP contribution in [0, 0.1) is 0 Å². The summed E-state index contributed by atoms with van der Waals surface area (Å²) in [7, 11) is 2.08. The molecule has 0 fully saturated rings. The minimum absolute atomic E-state index is 0.644. The molecule has 1 N–H and O–H groups in total. The summed E-state index contributed by atoms with van der Waals surface area (Å²) in [5, 5.41) is 3.42. The topological polar surface area (TPSA) is 12.0 Å². The van der Waals surface area contributed by atoms with E-state index in [9.17, 15) is 0 Å². The van der Waals surface area contributed by atoms with Gasteiger partial charge < -0.3 is 5.32 Å². The van der Waals surface area contributed by atoms with E-state index in [-0.39, 0.29) is 0 Å². The van der Waals surface area contributed by atoms with Crippen LogP contribution >= 0.6 is 0 Å². The molecular weight excluding hydrogens is 182 g/mol. The fourth-order valence-electron chi connectivity index (χ4n) is 2.18. The van der Waals surface area contributed by atoms with Crippen LogP contribution < -0.4 is 5.32 Å². The highest BCUT2D eigenvalue weighted by molar-refractivity contribution is 5.07. The molecular formula is C14H25N.